The van der Waals surface area contributed by atoms with E-state index in [-0.39, 0.29) is 0 Å². The van der Waals surface area contributed by atoms with Crippen molar-refractivity contribution in [1.82, 2.24) is 5.32 Å². The van der Waals surface area contributed by atoms with Crippen LogP contribution >= 0.6 is 0 Å². The molecule has 1 nitrogen and oxygen atoms in total. The van der Waals surface area contributed by atoms with Crippen molar-refractivity contribution in [3.8, 4) is 0 Å². The summed E-state index contributed by atoms with van der Waals surface area (Å²) in [5.41, 5.74) is 3.65. The third-order valence-corrected chi connectivity index (χ3v) is 3.98. The molecule has 1 N–H and O–H groups in total. The van der Waals surface area contributed by atoms with Gasteiger partial charge in [-0.05, 0) is 58.5 Å². The second kappa shape index (κ2) is 6.62. The van der Waals surface area contributed by atoms with Gasteiger partial charge in [0.05, 0.1) is 0 Å². The van der Waals surface area contributed by atoms with Gasteiger partial charge in [-0.3, -0.25) is 0 Å². The number of aryl methyl sites for hydroxylation is 2. The van der Waals surface area contributed by atoms with E-state index >= 15 is 0 Å². The predicted molar refractivity (Wildman–Crippen MR) is 94.7 cm³/mol. The lowest BCUT2D eigenvalue weighted by Crippen LogP contribution is -2.16. The number of hydrogen-bond acceptors (Lipinski definition) is 1. The molecular weight excluding hydrogens is 254 g/mol. The molecular formula is C20H25N. The van der Waals surface area contributed by atoms with Crippen LogP contribution in [0.25, 0.3) is 23.9 Å². The van der Waals surface area contributed by atoms with Crippen molar-refractivity contribution in [1.29, 1.82) is 0 Å². The first-order valence-corrected chi connectivity index (χ1v) is 7.65. The standard InChI is InChI=1S/C20H25N/c1-6-12-21-16(4)10-11-18-8-7-9-19-17(5)14(2)13-15(3)20(18)19/h7-9,13,21H,3-6,10-12H2,1-2H3. The second-order valence-corrected chi connectivity index (χ2v) is 5.70. The summed E-state index contributed by atoms with van der Waals surface area (Å²) in [5.74, 6) is 0. The summed E-state index contributed by atoms with van der Waals surface area (Å²) in [6, 6.07) is 8.59. The van der Waals surface area contributed by atoms with Crippen LogP contribution in [0.15, 0.2) is 36.5 Å². The van der Waals surface area contributed by atoms with E-state index in [9.17, 15) is 0 Å². The average Bonchev–Trinajstić information content (AvgIpc) is 2.48. The van der Waals surface area contributed by atoms with Crippen molar-refractivity contribution in [3.05, 3.63) is 58.1 Å². The minimum Gasteiger partial charge on any atom is -0.389 e. The quantitative estimate of drug-likeness (QED) is 0.854. The fourth-order valence-electron chi connectivity index (χ4n) is 2.75. The van der Waals surface area contributed by atoms with Gasteiger partial charge in [0, 0.05) is 12.2 Å². The van der Waals surface area contributed by atoms with E-state index in [2.05, 4.69) is 63.2 Å². The van der Waals surface area contributed by atoms with Crippen LogP contribution in [0.4, 0.5) is 0 Å². The molecule has 0 bridgehead atoms. The number of allylic oxidation sites excluding steroid dienone is 1. The zero-order chi connectivity index (χ0) is 15.4. The smallest absolute Gasteiger partial charge is 0.0141 e. The highest BCUT2D eigenvalue weighted by molar-refractivity contribution is 5.87. The van der Waals surface area contributed by atoms with Gasteiger partial charge < -0.3 is 5.32 Å². The molecule has 0 atom stereocenters. The van der Waals surface area contributed by atoms with Crippen LogP contribution in [-0.4, -0.2) is 6.54 Å². The first kappa shape index (κ1) is 15.4. The Bertz CT molecular complexity index is 755. The van der Waals surface area contributed by atoms with Gasteiger partial charge in [-0.25, -0.2) is 0 Å². The van der Waals surface area contributed by atoms with Crippen LogP contribution in [0.5, 0.6) is 0 Å². The van der Waals surface area contributed by atoms with Gasteiger partial charge in [0.15, 0.2) is 0 Å². The lowest BCUT2D eigenvalue weighted by Gasteiger charge is -2.11. The summed E-state index contributed by atoms with van der Waals surface area (Å²) in [6.45, 7) is 17.8. The molecule has 2 aromatic rings. The fraction of sp³-hybridized carbons (Fsp3) is 0.300. The second-order valence-electron chi connectivity index (χ2n) is 5.70. The van der Waals surface area contributed by atoms with E-state index in [4.69, 9.17) is 0 Å². The van der Waals surface area contributed by atoms with Crippen LogP contribution in [0, 0.1) is 6.92 Å². The van der Waals surface area contributed by atoms with Crippen LogP contribution in [0.1, 0.15) is 30.9 Å². The molecule has 0 unspecified atom stereocenters. The molecule has 110 valence electrons. The third-order valence-electron chi connectivity index (χ3n) is 3.98. The van der Waals surface area contributed by atoms with E-state index in [1.54, 1.807) is 0 Å². The summed E-state index contributed by atoms with van der Waals surface area (Å²) < 4.78 is 0. The van der Waals surface area contributed by atoms with Crippen molar-refractivity contribution >= 4 is 23.9 Å². The normalized spacial score (nSPS) is 10.8. The molecule has 21 heavy (non-hydrogen) atoms. The number of rotatable bonds is 6. The molecule has 0 radical (unpaired) electrons. The van der Waals surface area contributed by atoms with Gasteiger partial charge in [0.1, 0.15) is 0 Å². The maximum absolute atomic E-state index is 4.22. The molecule has 1 heteroatoms. The Labute approximate surface area is 127 Å². The van der Waals surface area contributed by atoms with Crippen LogP contribution in [0.2, 0.25) is 0 Å². The highest BCUT2D eigenvalue weighted by Gasteiger charge is 2.05. The van der Waals surface area contributed by atoms with Gasteiger partial charge in [0.2, 0.25) is 0 Å². The molecule has 2 aromatic carbocycles. The van der Waals surface area contributed by atoms with Crippen molar-refractivity contribution < 1.29 is 0 Å². The van der Waals surface area contributed by atoms with Gasteiger partial charge in [-0.1, -0.05) is 50.9 Å². The summed E-state index contributed by atoms with van der Waals surface area (Å²) in [5, 5.41) is 8.06. The predicted octanol–water partition coefficient (Wildman–Crippen LogP) is 3.41. The summed E-state index contributed by atoms with van der Waals surface area (Å²) in [7, 11) is 0. The molecule has 0 fully saturated rings. The summed E-state index contributed by atoms with van der Waals surface area (Å²) >= 11 is 0. The molecule has 0 amide bonds. The highest BCUT2D eigenvalue weighted by atomic mass is 14.9. The van der Waals surface area contributed by atoms with Gasteiger partial charge in [-0.15, -0.1) is 0 Å². The minimum absolute atomic E-state index is 0.957. The number of hydrogen-bond donors (Lipinski definition) is 1. The van der Waals surface area contributed by atoms with Gasteiger partial charge in [0.25, 0.3) is 0 Å². The maximum Gasteiger partial charge on any atom is 0.0141 e. The Balaban J connectivity index is 2.33. The Morgan fingerprint density at radius 1 is 1.24 bits per heavy atom. The molecule has 0 aromatic heterocycles. The lowest BCUT2D eigenvalue weighted by molar-refractivity contribution is 0.727. The molecule has 0 aliphatic heterocycles. The first-order chi connectivity index (χ1) is 10.0. The Morgan fingerprint density at radius 3 is 2.71 bits per heavy atom. The van der Waals surface area contributed by atoms with E-state index < -0.39 is 0 Å². The SMILES string of the molecule is C=C(CCc1cccc2c(=C)c(C)cc(=C)c12)NCCC. The molecule has 0 aliphatic rings. The zero-order valence-electron chi connectivity index (χ0n) is 13.3. The Kier molecular flexibility index (Phi) is 4.85. The summed E-state index contributed by atoms with van der Waals surface area (Å²) in [4.78, 5) is 0. The van der Waals surface area contributed by atoms with Crippen molar-refractivity contribution in [3.63, 3.8) is 0 Å². The lowest BCUT2D eigenvalue weighted by atomic mass is 9.96. The average molecular weight is 279 g/mol. The highest BCUT2D eigenvalue weighted by Crippen LogP contribution is 2.16. The molecule has 0 saturated heterocycles. The number of fused-ring (bicyclic) bond motifs is 1. The van der Waals surface area contributed by atoms with Crippen LogP contribution in [-0.2, 0) is 6.42 Å². The summed E-state index contributed by atoms with van der Waals surface area (Å²) in [6.07, 6.45) is 3.07. The molecule has 0 heterocycles. The molecule has 0 spiro atoms. The van der Waals surface area contributed by atoms with E-state index in [1.807, 2.05) is 0 Å². The Hall–Kier alpha value is -2.02. The molecule has 0 aliphatic carbocycles. The van der Waals surface area contributed by atoms with Crippen molar-refractivity contribution in [2.24, 2.45) is 0 Å². The van der Waals surface area contributed by atoms with Crippen molar-refractivity contribution in [2.75, 3.05) is 6.54 Å². The van der Waals surface area contributed by atoms with E-state index in [0.717, 1.165) is 41.9 Å². The number of benzene rings is 2. The fourth-order valence-corrected chi connectivity index (χ4v) is 2.75. The zero-order valence-corrected chi connectivity index (χ0v) is 13.3. The van der Waals surface area contributed by atoms with Crippen LogP contribution < -0.4 is 15.8 Å². The minimum atomic E-state index is 0.957. The van der Waals surface area contributed by atoms with Crippen molar-refractivity contribution in [2.45, 2.75) is 33.1 Å². The largest absolute Gasteiger partial charge is 0.389 e. The Morgan fingerprint density at radius 2 is 2.00 bits per heavy atom. The first-order valence-electron chi connectivity index (χ1n) is 7.65. The van der Waals surface area contributed by atoms with E-state index in [0.29, 0.717) is 0 Å². The maximum atomic E-state index is 4.22. The van der Waals surface area contributed by atoms with Crippen LogP contribution in [0.3, 0.4) is 0 Å². The monoisotopic (exact) mass is 279 g/mol. The van der Waals surface area contributed by atoms with Gasteiger partial charge in [-0.2, -0.15) is 0 Å². The third kappa shape index (κ3) is 3.36. The van der Waals surface area contributed by atoms with Gasteiger partial charge >= 0.3 is 0 Å². The molecule has 2 rings (SSSR count). The van der Waals surface area contributed by atoms with E-state index in [1.165, 1.54) is 21.9 Å². The topological polar surface area (TPSA) is 12.0 Å². The number of nitrogens with one attached hydrogen (secondary N) is 1. The molecule has 0 saturated carbocycles.